The predicted octanol–water partition coefficient (Wildman–Crippen LogP) is 6.79. The van der Waals surface area contributed by atoms with Crippen molar-refractivity contribution >= 4 is 0 Å². The summed E-state index contributed by atoms with van der Waals surface area (Å²) in [6.45, 7) is 32.5. The average molecular weight is 450 g/mol. The van der Waals surface area contributed by atoms with Crippen LogP contribution < -0.4 is 0 Å². The summed E-state index contributed by atoms with van der Waals surface area (Å²) in [6.07, 6.45) is 5.65. The lowest BCUT2D eigenvalue weighted by atomic mass is 9.95. The minimum Gasteiger partial charge on any atom is -0.301 e. The molecule has 0 N–H and O–H groups in total. The van der Waals surface area contributed by atoms with Crippen molar-refractivity contribution in [2.45, 2.75) is 114 Å². The van der Waals surface area contributed by atoms with E-state index < -0.39 is 0 Å². The molecule has 0 radical (unpaired) electrons. The summed E-state index contributed by atoms with van der Waals surface area (Å²) in [5.74, 6) is 2.66. The molecule has 4 fully saturated rings. The van der Waals surface area contributed by atoms with Crippen LogP contribution in [0.2, 0.25) is 0 Å². The van der Waals surface area contributed by atoms with E-state index in [1.165, 1.54) is 64.0 Å². The molecule has 0 aromatic carbocycles. The summed E-state index contributed by atoms with van der Waals surface area (Å²) >= 11 is 0. The van der Waals surface area contributed by atoms with Crippen LogP contribution in [0.15, 0.2) is 12.2 Å². The fraction of sp³-hybridized carbons (Fsp3) is 0.931. The third-order valence-electron chi connectivity index (χ3n) is 8.54. The third-order valence-corrected chi connectivity index (χ3v) is 8.54. The molecule has 1 spiro atoms. The van der Waals surface area contributed by atoms with Gasteiger partial charge in [0.15, 0.2) is 0 Å². The van der Waals surface area contributed by atoms with Crippen molar-refractivity contribution in [1.82, 2.24) is 14.7 Å². The molecule has 1 aliphatic carbocycles. The highest BCUT2D eigenvalue weighted by atomic mass is 15.2. The molecule has 3 heterocycles. The number of likely N-dealkylation sites (tertiary alicyclic amines) is 3. The Morgan fingerprint density at radius 1 is 0.875 bits per heavy atom. The van der Waals surface area contributed by atoms with E-state index in [1.54, 1.807) is 0 Å². The SMILES string of the molecule is C.C=C1CN(C(C)C)CC1CC.CC(C)N1CC(C)C2(CC2)C1.CC1CCN(C(C)C)C1. The third kappa shape index (κ3) is 8.13. The fourth-order valence-corrected chi connectivity index (χ4v) is 5.49. The zero-order valence-electron chi connectivity index (χ0n) is 22.6. The average Bonchev–Trinajstić information content (AvgIpc) is 3.01. The van der Waals surface area contributed by atoms with Gasteiger partial charge in [-0.05, 0) is 96.9 Å². The van der Waals surface area contributed by atoms with Crippen LogP contribution in [0.3, 0.4) is 0 Å². The maximum atomic E-state index is 4.10. The topological polar surface area (TPSA) is 9.72 Å². The number of nitrogens with zero attached hydrogens (tertiary/aromatic N) is 3. The van der Waals surface area contributed by atoms with Gasteiger partial charge in [-0.15, -0.1) is 0 Å². The number of hydrogen-bond donors (Lipinski definition) is 0. The van der Waals surface area contributed by atoms with Crippen molar-refractivity contribution in [2.24, 2.45) is 23.2 Å². The second-order valence-corrected chi connectivity index (χ2v) is 12.1. The lowest BCUT2D eigenvalue weighted by Crippen LogP contribution is -2.28. The Kier molecular flexibility index (Phi) is 12.0. The van der Waals surface area contributed by atoms with Crippen molar-refractivity contribution in [3.63, 3.8) is 0 Å². The van der Waals surface area contributed by atoms with Crippen molar-refractivity contribution in [3.05, 3.63) is 12.2 Å². The first-order valence-corrected chi connectivity index (χ1v) is 13.4. The smallest absolute Gasteiger partial charge is 0.0196 e. The van der Waals surface area contributed by atoms with Crippen LogP contribution in [0.5, 0.6) is 0 Å². The molecular formula is C29H59N3. The van der Waals surface area contributed by atoms with E-state index >= 15 is 0 Å². The molecule has 32 heavy (non-hydrogen) atoms. The molecule has 1 saturated carbocycles. The molecule has 3 saturated heterocycles. The second kappa shape index (κ2) is 12.9. The molecule has 4 aliphatic rings. The molecule has 3 nitrogen and oxygen atoms in total. The first-order chi connectivity index (χ1) is 14.5. The monoisotopic (exact) mass is 449 g/mol. The van der Waals surface area contributed by atoms with Crippen LogP contribution in [0.25, 0.3) is 0 Å². The van der Waals surface area contributed by atoms with Crippen LogP contribution in [-0.4, -0.2) is 72.1 Å². The van der Waals surface area contributed by atoms with E-state index in [4.69, 9.17) is 0 Å². The summed E-state index contributed by atoms with van der Waals surface area (Å²) in [5.41, 5.74) is 2.21. The van der Waals surface area contributed by atoms with Crippen LogP contribution in [0, 0.1) is 23.2 Å². The zero-order valence-corrected chi connectivity index (χ0v) is 22.6. The normalized spacial score (nSPS) is 29.9. The fourth-order valence-electron chi connectivity index (χ4n) is 5.49. The van der Waals surface area contributed by atoms with E-state index in [-0.39, 0.29) is 7.43 Å². The molecule has 3 atom stereocenters. The number of rotatable bonds is 4. The minimum atomic E-state index is 0. The Hall–Kier alpha value is -0.380. The molecule has 3 heteroatoms. The van der Waals surface area contributed by atoms with Crippen molar-refractivity contribution in [2.75, 3.05) is 39.3 Å². The number of hydrogen-bond acceptors (Lipinski definition) is 3. The Labute approximate surface area is 203 Å². The van der Waals surface area contributed by atoms with E-state index in [9.17, 15) is 0 Å². The summed E-state index contributed by atoms with van der Waals surface area (Å²) in [4.78, 5) is 7.68. The lowest BCUT2D eigenvalue weighted by Gasteiger charge is -2.19. The van der Waals surface area contributed by atoms with Gasteiger partial charge in [0.1, 0.15) is 0 Å². The Balaban J connectivity index is 0.000000238. The van der Waals surface area contributed by atoms with Gasteiger partial charge < -0.3 is 9.80 Å². The molecule has 0 aromatic heterocycles. The highest BCUT2D eigenvalue weighted by Crippen LogP contribution is 2.56. The second-order valence-electron chi connectivity index (χ2n) is 12.1. The standard InChI is InChI=1S/2C10H19N.C8H17N.CH4/c1-8(2)11-6-9(3)10(7-11)4-5-10;1-5-10-7-11(8(2)3)6-9(10)4;1-7(2)9-5-4-8(3)6-9;/h8-9H,4-7H2,1-3H3;8,10H,4-7H2,1-3H3;7-8H,4-6H2,1-3H3;1H4. The molecule has 4 rings (SSSR count). The molecular weight excluding hydrogens is 390 g/mol. The predicted molar refractivity (Wildman–Crippen MR) is 144 cm³/mol. The molecule has 0 amide bonds. The summed E-state index contributed by atoms with van der Waals surface area (Å²) in [7, 11) is 0. The first-order valence-electron chi connectivity index (χ1n) is 13.4. The van der Waals surface area contributed by atoms with E-state index in [0.29, 0.717) is 6.04 Å². The van der Waals surface area contributed by atoms with E-state index in [1.807, 2.05) is 0 Å². The highest BCUT2D eigenvalue weighted by molar-refractivity contribution is 5.10. The molecule has 0 aromatic rings. The van der Waals surface area contributed by atoms with Gasteiger partial charge in [-0.1, -0.05) is 40.3 Å². The van der Waals surface area contributed by atoms with Gasteiger partial charge in [-0.3, -0.25) is 4.90 Å². The van der Waals surface area contributed by atoms with Gasteiger partial charge in [-0.25, -0.2) is 0 Å². The van der Waals surface area contributed by atoms with Gasteiger partial charge in [0.05, 0.1) is 0 Å². The maximum absolute atomic E-state index is 4.10. The van der Waals surface area contributed by atoms with Crippen molar-refractivity contribution in [1.29, 1.82) is 0 Å². The van der Waals surface area contributed by atoms with Crippen molar-refractivity contribution in [3.8, 4) is 0 Å². The summed E-state index contributed by atoms with van der Waals surface area (Å²) < 4.78 is 0. The van der Waals surface area contributed by atoms with Crippen LogP contribution >= 0.6 is 0 Å². The first kappa shape index (κ1) is 29.7. The van der Waals surface area contributed by atoms with Gasteiger partial charge in [0.2, 0.25) is 0 Å². The quantitative estimate of drug-likeness (QED) is 0.437. The van der Waals surface area contributed by atoms with Gasteiger partial charge in [0.25, 0.3) is 0 Å². The molecule has 190 valence electrons. The lowest BCUT2D eigenvalue weighted by molar-refractivity contribution is 0.260. The summed E-state index contributed by atoms with van der Waals surface area (Å²) in [5, 5.41) is 0. The maximum Gasteiger partial charge on any atom is 0.0196 e. The molecule has 3 aliphatic heterocycles. The van der Waals surface area contributed by atoms with Crippen LogP contribution in [0.4, 0.5) is 0 Å². The van der Waals surface area contributed by atoms with E-state index in [2.05, 4.69) is 83.6 Å². The molecule has 3 unspecified atom stereocenters. The Morgan fingerprint density at radius 3 is 1.69 bits per heavy atom. The summed E-state index contributed by atoms with van der Waals surface area (Å²) in [6, 6.07) is 2.20. The van der Waals surface area contributed by atoms with Gasteiger partial charge >= 0.3 is 0 Å². The van der Waals surface area contributed by atoms with Gasteiger partial charge in [0, 0.05) is 50.8 Å². The van der Waals surface area contributed by atoms with Crippen molar-refractivity contribution < 1.29 is 0 Å². The Morgan fingerprint density at radius 2 is 1.44 bits per heavy atom. The van der Waals surface area contributed by atoms with E-state index in [0.717, 1.165) is 41.8 Å². The molecule has 0 bridgehead atoms. The largest absolute Gasteiger partial charge is 0.301 e. The van der Waals surface area contributed by atoms with Crippen LogP contribution in [0.1, 0.15) is 95.4 Å². The van der Waals surface area contributed by atoms with Gasteiger partial charge in [-0.2, -0.15) is 0 Å². The highest BCUT2D eigenvalue weighted by Gasteiger charge is 2.52. The minimum absolute atomic E-state index is 0. The van der Waals surface area contributed by atoms with Crippen LogP contribution in [-0.2, 0) is 0 Å². The Bertz CT molecular complexity index is 549. The zero-order chi connectivity index (χ0) is 23.3.